The van der Waals surface area contributed by atoms with Crippen molar-refractivity contribution in [3.8, 4) is 0 Å². The number of carbonyl (C=O) groups is 1. The van der Waals surface area contributed by atoms with E-state index < -0.39 is 0 Å². The van der Waals surface area contributed by atoms with E-state index in [1.165, 1.54) is 45.6 Å². The monoisotopic (exact) mass is 390 g/mol. The van der Waals surface area contributed by atoms with Crippen LogP contribution in [0.4, 0.5) is 0 Å². The minimum absolute atomic E-state index is 0.106. The Labute approximate surface area is 151 Å². The second-order valence-corrected chi connectivity index (χ2v) is 7.26. The average Bonchev–Trinajstić information content (AvgIpc) is 2.53. The molecule has 0 radical (unpaired) electrons. The number of halogens is 1. The Morgan fingerprint density at radius 1 is 1.09 bits per heavy atom. The van der Waals surface area contributed by atoms with E-state index >= 15 is 0 Å². The number of methoxy groups -OCH3 is 1. The summed E-state index contributed by atoms with van der Waals surface area (Å²) in [6, 6.07) is 0. The van der Waals surface area contributed by atoms with Crippen molar-refractivity contribution in [2.45, 2.75) is 96.5 Å². The van der Waals surface area contributed by atoms with Crippen molar-refractivity contribution in [1.29, 1.82) is 0 Å². The van der Waals surface area contributed by atoms with Gasteiger partial charge in [-0.1, -0.05) is 73.9 Å². The second kappa shape index (κ2) is 16.5. The Morgan fingerprint density at radius 2 is 1.74 bits per heavy atom. The maximum Gasteiger partial charge on any atom is 0.305 e. The Balaban J connectivity index is 3.50. The van der Waals surface area contributed by atoms with Crippen molar-refractivity contribution in [3.63, 3.8) is 0 Å². The third-order valence-corrected chi connectivity index (χ3v) is 4.65. The number of ether oxygens (including phenoxy) is 1. The molecule has 0 saturated heterocycles. The van der Waals surface area contributed by atoms with Gasteiger partial charge in [0.15, 0.2) is 0 Å². The van der Waals surface area contributed by atoms with Gasteiger partial charge in [-0.15, -0.1) is 0 Å². The van der Waals surface area contributed by atoms with Crippen LogP contribution in [0.2, 0.25) is 0 Å². The van der Waals surface area contributed by atoms with Gasteiger partial charge >= 0.3 is 5.97 Å². The van der Waals surface area contributed by atoms with Crippen LogP contribution in [0.15, 0.2) is 10.6 Å². The van der Waals surface area contributed by atoms with E-state index in [-0.39, 0.29) is 12.1 Å². The molecule has 1 atom stereocenters. The fourth-order valence-electron chi connectivity index (χ4n) is 2.52. The number of rotatable bonds is 15. The van der Waals surface area contributed by atoms with Gasteiger partial charge in [-0.25, -0.2) is 0 Å². The summed E-state index contributed by atoms with van der Waals surface area (Å²) in [7, 11) is 1.44. The summed E-state index contributed by atoms with van der Waals surface area (Å²) in [5.41, 5.74) is 0. The summed E-state index contributed by atoms with van der Waals surface area (Å²) in [5, 5.41) is 9.98. The Morgan fingerprint density at radius 3 is 2.43 bits per heavy atom. The molecule has 0 saturated carbocycles. The molecular formula is C19H35BrO3. The number of aliphatic hydroxyl groups excluding tert-OH is 1. The van der Waals surface area contributed by atoms with Gasteiger partial charge in [0.1, 0.15) is 0 Å². The largest absolute Gasteiger partial charge is 0.469 e. The van der Waals surface area contributed by atoms with Gasteiger partial charge in [-0.05, 0) is 30.2 Å². The third kappa shape index (κ3) is 16.3. The number of hydrogen-bond donors (Lipinski definition) is 1. The standard InChI is InChI=1S/C19H35BrO3/c1-3-4-5-11-14-18(21)16-17(20)13-10-8-6-7-9-12-15-19(22)23-2/h13,18,21H,3-12,14-16H2,1-2H3/b17-13-. The number of hydrogen-bond acceptors (Lipinski definition) is 3. The summed E-state index contributed by atoms with van der Waals surface area (Å²) in [6.07, 6.45) is 15.6. The van der Waals surface area contributed by atoms with Gasteiger partial charge in [-0.2, -0.15) is 0 Å². The van der Waals surface area contributed by atoms with Gasteiger partial charge in [0.05, 0.1) is 13.2 Å². The number of carbonyl (C=O) groups excluding carboxylic acids is 1. The summed E-state index contributed by atoms with van der Waals surface area (Å²) >= 11 is 3.57. The molecule has 0 fully saturated rings. The van der Waals surface area contributed by atoms with E-state index in [2.05, 4.69) is 33.7 Å². The summed E-state index contributed by atoms with van der Waals surface area (Å²) < 4.78 is 5.75. The molecule has 3 nitrogen and oxygen atoms in total. The highest BCUT2D eigenvalue weighted by Crippen LogP contribution is 2.19. The molecular weight excluding hydrogens is 356 g/mol. The lowest BCUT2D eigenvalue weighted by atomic mass is 10.1. The molecule has 0 bridgehead atoms. The number of esters is 1. The topological polar surface area (TPSA) is 46.5 Å². The first-order valence-corrected chi connectivity index (χ1v) is 9.98. The highest BCUT2D eigenvalue weighted by Gasteiger charge is 2.05. The van der Waals surface area contributed by atoms with E-state index in [1.807, 2.05) is 0 Å². The number of allylic oxidation sites excluding steroid dienone is 1. The van der Waals surface area contributed by atoms with E-state index in [1.54, 1.807) is 0 Å². The van der Waals surface area contributed by atoms with Crippen LogP contribution >= 0.6 is 15.9 Å². The zero-order chi connectivity index (χ0) is 17.3. The second-order valence-electron chi connectivity index (χ2n) is 6.24. The lowest BCUT2D eigenvalue weighted by Gasteiger charge is -2.09. The van der Waals surface area contributed by atoms with Crippen molar-refractivity contribution >= 4 is 21.9 Å². The van der Waals surface area contributed by atoms with E-state index in [0.717, 1.165) is 43.0 Å². The first kappa shape index (κ1) is 22.6. The molecule has 0 amide bonds. The first-order valence-electron chi connectivity index (χ1n) is 9.19. The molecule has 4 heteroatoms. The molecule has 0 aliphatic heterocycles. The Kier molecular flexibility index (Phi) is 16.3. The third-order valence-electron chi connectivity index (χ3n) is 4.00. The van der Waals surface area contributed by atoms with Crippen molar-refractivity contribution in [2.75, 3.05) is 7.11 Å². The van der Waals surface area contributed by atoms with Crippen LogP contribution in [0.1, 0.15) is 90.4 Å². The zero-order valence-electron chi connectivity index (χ0n) is 15.0. The van der Waals surface area contributed by atoms with Crippen LogP contribution in [0.3, 0.4) is 0 Å². The minimum atomic E-state index is -0.212. The normalized spacial score (nSPS) is 13.1. The van der Waals surface area contributed by atoms with Crippen molar-refractivity contribution in [2.24, 2.45) is 0 Å². The highest BCUT2D eigenvalue weighted by atomic mass is 79.9. The van der Waals surface area contributed by atoms with Gasteiger partial charge in [0.25, 0.3) is 0 Å². The smallest absolute Gasteiger partial charge is 0.305 e. The molecule has 0 heterocycles. The Hall–Kier alpha value is -0.350. The summed E-state index contributed by atoms with van der Waals surface area (Å²) in [4.78, 5) is 11.0. The highest BCUT2D eigenvalue weighted by molar-refractivity contribution is 9.11. The molecule has 0 spiro atoms. The van der Waals surface area contributed by atoms with Crippen LogP contribution in [0, 0.1) is 0 Å². The predicted molar refractivity (Wildman–Crippen MR) is 101 cm³/mol. The SMILES string of the molecule is CCCCCCC(O)C/C(Br)=C/CCCCCCCC(=O)OC. The molecule has 136 valence electrons. The maximum atomic E-state index is 11.0. The van der Waals surface area contributed by atoms with Crippen LogP contribution in [-0.2, 0) is 9.53 Å². The van der Waals surface area contributed by atoms with Crippen LogP contribution in [0.5, 0.6) is 0 Å². The van der Waals surface area contributed by atoms with Crippen molar-refractivity contribution in [3.05, 3.63) is 10.6 Å². The lowest BCUT2D eigenvalue weighted by molar-refractivity contribution is -0.140. The maximum absolute atomic E-state index is 11.0. The molecule has 0 aromatic heterocycles. The molecule has 23 heavy (non-hydrogen) atoms. The fourth-order valence-corrected chi connectivity index (χ4v) is 3.12. The van der Waals surface area contributed by atoms with Crippen molar-refractivity contribution in [1.82, 2.24) is 0 Å². The minimum Gasteiger partial charge on any atom is -0.469 e. The van der Waals surface area contributed by atoms with Gasteiger partial charge < -0.3 is 9.84 Å². The number of unbranched alkanes of at least 4 members (excludes halogenated alkanes) is 8. The van der Waals surface area contributed by atoms with Gasteiger partial charge in [0, 0.05) is 12.8 Å². The molecule has 0 aromatic rings. The van der Waals surface area contributed by atoms with Crippen molar-refractivity contribution < 1.29 is 14.6 Å². The number of aliphatic hydroxyl groups is 1. The van der Waals surface area contributed by atoms with Gasteiger partial charge in [-0.3, -0.25) is 4.79 Å². The van der Waals surface area contributed by atoms with Crippen LogP contribution in [-0.4, -0.2) is 24.3 Å². The zero-order valence-corrected chi connectivity index (χ0v) is 16.6. The molecule has 1 unspecified atom stereocenters. The molecule has 1 N–H and O–H groups in total. The molecule has 0 rings (SSSR count). The fraction of sp³-hybridized carbons (Fsp3) is 0.842. The predicted octanol–water partition coefficient (Wildman–Crippen LogP) is 5.89. The first-order chi connectivity index (χ1) is 11.1. The molecule has 0 aliphatic carbocycles. The summed E-state index contributed by atoms with van der Waals surface area (Å²) in [6.45, 7) is 2.20. The molecule has 0 aliphatic rings. The average molecular weight is 391 g/mol. The van der Waals surface area contributed by atoms with E-state index in [0.29, 0.717) is 6.42 Å². The van der Waals surface area contributed by atoms with E-state index in [4.69, 9.17) is 0 Å². The van der Waals surface area contributed by atoms with Crippen LogP contribution in [0.25, 0.3) is 0 Å². The van der Waals surface area contributed by atoms with Crippen LogP contribution < -0.4 is 0 Å². The quantitative estimate of drug-likeness (QED) is 0.280. The lowest BCUT2D eigenvalue weighted by Crippen LogP contribution is -2.05. The van der Waals surface area contributed by atoms with Gasteiger partial charge in [0.2, 0.25) is 0 Å². The Bertz CT molecular complexity index is 316. The summed E-state index contributed by atoms with van der Waals surface area (Å²) in [5.74, 6) is -0.106. The van der Waals surface area contributed by atoms with E-state index in [9.17, 15) is 9.90 Å². The molecule has 0 aromatic carbocycles.